The first kappa shape index (κ1) is 15.5. The number of aliphatic hydroxyl groups is 1. The van der Waals surface area contributed by atoms with Gasteiger partial charge in [0.1, 0.15) is 0 Å². The van der Waals surface area contributed by atoms with Gasteiger partial charge in [0.2, 0.25) is 0 Å². The van der Waals surface area contributed by atoms with Gasteiger partial charge in [0.15, 0.2) is 0 Å². The number of hydrogen-bond donors (Lipinski definition) is 2. The van der Waals surface area contributed by atoms with Gasteiger partial charge < -0.3 is 14.8 Å². The minimum absolute atomic E-state index is 0.155. The average Bonchev–Trinajstić information content (AvgIpc) is 2.20. The van der Waals surface area contributed by atoms with Gasteiger partial charge in [0.25, 0.3) is 5.92 Å². The van der Waals surface area contributed by atoms with E-state index in [0.29, 0.717) is 13.3 Å². The Morgan fingerprint density at radius 2 is 1.88 bits per heavy atom. The topological polar surface area (TPSA) is 49.7 Å². The van der Waals surface area contributed by atoms with Gasteiger partial charge >= 0.3 is 7.12 Å². The van der Waals surface area contributed by atoms with E-state index in [9.17, 15) is 13.8 Å². The van der Waals surface area contributed by atoms with Gasteiger partial charge in [-0.1, -0.05) is 19.4 Å². The van der Waals surface area contributed by atoms with Crippen molar-refractivity contribution < 1.29 is 23.6 Å². The summed E-state index contributed by atoms with van der Waals surface area (Å²) in [5.41, 5.74) is -0.622. The van der Waals surface area contributed by atoms with Crippen LogP contribution in [-0.4, -0.2) is 36.4 Å². The van der Waals surface area contributed by atoms with Crippen molar-refractivity contribution in [3.63, 3.8) is 0 Å². The predicted octanol–water partition coefficient (Wildman–Crippen LogP) is 1.79. The second-order valence-electron chi connectivity index (χ2n) is 3.77. The maximum absolute atomic E-state index is 12.7. The minimum Gasteiger partial charge on any atom is -0.423 e. The molecule has 0 heterocycles. The summed E-state index contributed by atoms with van der Waals surface area (Å²) >= 11 is 0. The Balaban J connectivity index is 3.58. The molecule has 0 bridgehead atoms. The maximum Gasteiger partial charge on any atom is 0.492 e. The van der Waals surface area contributed by atoms with Gasteiger partial charge in [0.05, 0.1) is 0 Å². The second kappa shape index (κ2) is 7.76. The first-order chi connectivity index (χ1) is 7.39. The third-order valence-corrected chi connectivity index (χ3v) is 2.19. The molecule has 0 aliphatic heterocycles. The van der Waals surface area contributed by atoms with E-state index in [1.165, 1.54) is 0 Å². The number of unbranched alkanes of at least 4 members (excludes halogenated alkanes) is 3. The van der Waals surface area contributed by atoms with E-state index in [1.807, 2.05) is 0 Å². The molecule has 0 saturated heterocycles. The molecule has 0 amide bonds. The lowest BCUT2D eigenvalue weighted by Crippen LogP contribution is -2.31. The number of aliphatic hydroxyl groups excluding tert-OH is 1. The number of hydrogen-bond acceptors (Lipinski definition) is 3. The average molecular weight is 236 g/mol. The molecule has 0 aromatic heterocycles. The molecule has 16 heavy (non-hydrogen) atoms. The first-order valence-corrected chi connectivity index (χ1v) is 5.37. The SMILES string of the molecule is C=C(B(O)OCCCCCCO)C(C)(F)F. The Labute approximate surface area is 95.3 Å². The van der Waals surface area contributed by atoms with E-state index in [0.717, 1.165) is 19.3 Å². The fourth-order valence-corrected chi connectivity index (χ4v) is 1.08. The maximum atomic E-state index is 12.7. The first-order valence-electron chi connectivity index (χ1n) is 5.37. The monoisotopic (exact) mass is 236 g/mol. The molecule has 94 valence electrons. The molecule has 0 radical (unpaired) electrons. The van der Waals surface area contributed by atoms with Crippen molar-refractivity contribution >= 4 is 7.12 Å². The van der Waals surface area contributed by atoms with Crippen molar-refractivity contribution in [3.8, 4) is 0 Å². The molecule has 0 atom stereocenters. The zero-order chi connectivity index (χ0) is 12.6. The summed E-state index contributed by atoms with van der Waals surface area (Å²) in [7, 11) is -1.61. The molecule has 0 fully saturated rings. The summed E-state index contributed by atoms with van der Waals surface area (Å²) < 4.78 is 30.2. The second-order valence-corrected chi connectivity index (χ2v) is 3.77. The van der Waals surface area contributed by atoms with E-state index in [4.69, 9.17) is 9.76 Å². The van der Waals surface area contributed by atoms with Crippen LogP contribution in [0.5, 0.6) is 0 Å². The lowest BCUT2D eigenvalue weighted by molar-refractivity contribution is 0.0653. The van der Waals surface area contributed by atoms with Gasteiger partial charge in [-0.05, 0) is 12.8 Å². The smallest absolute Gasteiger partial charge is 0.423 e. The van der Waals surface area contributed by atoms with Crippen molar-refractivity contribution in [2.24, 2.45) is 0 Å². The summed E-state index contributed by atoms with van der Waals surface area (Å²) in [6.45, 7) is 4.13. The standard InChI is InChI=1S/C10H19BF2O3/c1-9(10(2,12)13)11(15)16-8-6-4-3-5-7-14/h14-15H,1,3-8H2,2H3. The van der Waals surface area contributed by atoms with Crippen molar-refractivity contribution in [2.45, 2.75) is 38.5 Å². The van der Waals surface area contributed by atoms with Crippen molar-refractivity contribution in [2.75, 3.05) is 13.2 Å². The van der Waals surface area contributed by atoms with Crippen molar-refractivity contribution in [1.82, 2.24) is 0 Å². The van der Waals surface area contributed by atoms with Crippen LogP contribution < -0.4 is 0 Å². The van der Waals surface area contributed by atoms with E-state index < -0.39 is 18.5 Å². The van der Waals surface area contributed by atoms with E-state index in [1.54, 1.807) is 0 Å². The quantitative estimate of drug-likeness (QED) is 0.474. The van der Waals surface area contributed by atoms with Crippen LogP contribution in [0.2, 0.25) is 0 Å². The zero-order valence-corrected chi connectivity index (χ0v) is 9.59. The highest BCUT2D eigenvalue weighted by Gasteiger charge is 2.35. The summed E-state index contributed by atoms with van der Waals surface area (Å²) in [5.74, 6) is -3.13. The summed E-state index contributed by atoms with van der Waals surface area (Å²) in [6, 6.07) is 0. The Hall–Kier alpha value is -0.455. The third-order valence-electron chi connectivity index (χ3n) is 2.19. The van der Waals surface area contributed by atoms with Crippen LogP contribution in [0.15, 0.2) is 12.1 Å². The van der Waals surface area contributed by atoms with Crippen LogP contribution in [0.4, 0.5) is 8.78 Å². The molecule has 0 aliphatic rings. The number of rotatable bonds is 9. The molecule has 0 saturated carbocycles. The Morgan fingerprint density at radius 3 is 2.38 bits per heavy atom. The lowest BCUT2D eigenvalue weighted by Gasteiger charge is -2.16. The molecular formula is C10H19BF2O3. The molecule has 2 N–H and O–H groups in total. The van der Waals surface area contributed by atoms with Gasteiger partial charge in [-0.25, -0.2) is 8.78 Å². The van der Waals surface area contributed by atoms with Crippen LogP contribution in [-0.2, 0) is 4.65 Å². The van der Waals surface area contributed by atoms with Crippen LogP contribution in [0.3, 0.4) is 0 Å². The number of allylic oxidation sites excluding steroid dienone is 1. The van der Waals surface area contributed by atoms with Crippen molar-refractivity contribution in [3.05, 3.63) is 12.1 Å². The molecule has 0 unspecified atom stereocenters. The van der Waals surface area contributed by atoms with Gasteiger partial charge in [-0.2, -0.15) is 0 Å². The molecule has 0 rings (SSSR count). The third kappa shape index (κ3) is 6.92. The van der Waals surface area contributed by atoms with Crippen LogP contribution >= 0.6 is 0 Å². The fourth-order valence-electron chi connectivity index (χ4n) is 1.08. The number of halogens is 2. The lowest BCUT2D eigenvalue weighted by atomic mass is 9.76. The van der Waals surface area contributed by atoms with E-state index in [2.05, 4.69) is 6.58 Å². The fraction of sp³-hybridized carbons (Fsp3) is 0.800. The minimum atomic E-state index is -3.13. The normalized spacial score (nSPS) is 11.6. The van der Waals surface area contributed by atoms with Crippen LogP contribution in [0.1, 0.15) is 32.6 Å². The van der Waals surface area contributed by atoms with E-state index in [-0.39, 0.29) is 13.2 Å². The Kier molecular flexibility index (Phi) is 7.54. The molecular weight excluding hydrogens is 217 g/mol. The van der Waals surface area contributed by atoms with E-state index >= 15 is 0 Å². The zero-order valence-electron chi connectivity index (χ0n) is 9.59. The number of alkyl halides is 2. The van der Waals surface area contributed by atoms with Gasteiger partial charge in [-0.15, -0.1) is 0 Å². The van der Waals surface area contributed by atoms with Crippen LogP contribution in [0.25, 0.3) is 0 Å². The highest BCUT2D eigenvalue weighted by atomic mass is 19.3. The molecule has 0 aromatic rings. The predicted molar refractivity (Wildman–Crippen MR) is 59.2 cm³/mol. The summed E-state index contributed by atoms with van der Waals surface area (Å²) in [4.78, 5) is 0. The highest BCUT2D eigenvalue weighted by molar-refractivity contribution is 6.52. The highest BCUT2D eigenvalue weighted by Crippen LogP contribution is 2.23. The summed E-state index contributed by atoms with van der Waals surface area (Å²) in [5, 5.41) is 17.7. The largest absolute Gasteiger partial charge is 0.492 e. The van der Waals surface area contributed by atoms with Crippen LogP contribution in [0, 0.1) is 0 Å². The molecule has 0 aromatic carbocycles. The Morgan fingerprint density at radius 1 is 1.31 bits per heavy atom. The van der Waals surface area contributed by atoms with Crippen molar-refractivity contribution in [1.29, 1.82) is 0 Å². The Bertz CT molecular complexity index is 207. The molecule has 0 spiro atoms. The summed E-state index contributed by atoms with van der Waals surface area (Å²) in [6.07, 6.45) is 3.09. The van der Waals surface area contributed by atoms with Gasteiger partial charge in [0, 0.05) is 25.6 Å². The van der Waals surface area contributed by atoms with Gasteiger partial charge in [-0.3, -0.25) is 0 Å². The molecule has 3 nitrogen and oxygen atoms in total. The molecule has 0 aliphatic carbocycles. The molecule has 6 heteroatoms.